The first kappa shape index (κ1) is 11.1. The van der Waals surface area contributed by atoms with Gasteiger partial charge in [-0.15, -0.1) is 4.39 Å². The molecule has 0 saturated heterocycles. The summed E-state index contributed by atoms with van der Waals surface area (Å²) >= 11 is 0. The molecule has 0 radical (unpaired) electrons. The first-order valence-electron chi connectivity index (χ1n) is 2.42. The highest BCUT2D eigenvalue weighted by Gasteiger charge is 2.62. The first-order valence-corrected chi connectivity index (χ1v) is 2.42. The minimum absolute atomic E-state index is 0.250. The van der Waals surface area contributed by atoms with Crippen LogP contribution in [0.4, 0.5) is 26.7 Å². The lowest BCUT2D eigenvalue weighted by Crippen LogP contribution is -2.44. The Labute approximate surface area is 63.1 Å². The molecule has 0 spiro atoms. The molecule has 0 heterocycles. The number of halogens is 5. The van der Waals surface area contributed by atoms with Crippen molar-refractivity contribution in [2.24, 2.45) is 0 Å². The molecule has 0 aliphatic rings. The molecule has 0 aliphatic heterocycles. The molecule has 0 atom stereocenters. The van der Waals surface area contributed by atoms with Gasteiger partial charge in [0.25, 0.3) is 0 Å². The summed E-state index contributed by atoms with van der Waals surface area (Å²) in [5.74, 6) is 0. The number of rotatable bonds is 3. The van der Waals surface area contributed by atoms with Crippen molar-refractivity contribution >= 4 is 6.22 Å². The average molecular weight is 194 g/mol. The summed E-state index contributed by atoms with van der Waals surface area (Å²) < 4.78 is 64.0. The number of hydrogen-bond acceptors (Lipinski definition) is 3. The van der Waals surface area contributed by atoms with E-state index in [4.69, 9.17) is 0 Å². The lowest BCUT2D eigenvalue weighted by Gasteiger charge is -2.21. The number of alkyl halides is 4. The van der Waals surface area contributed by atoms with Crippen molar-refractivity contribution in [3.63, 3.8) is 0 Å². The topological polar surface area (TPSA) is 35.5 Å². The van der Waals surface area contributed by atoms with E-state index in [1.807, 2.05) is 0 Å². The Morgan fingerprint density at radius 3 is 1.83 bits per heavy atom. The first-order chi connectivity index (χ1) is 5.23. The molecule has 0 aliphatic carbocycles. The summed E-state index contributed by atoms with van der Waals surface area (Å²) in [5.41, 5.74) is 0. The molecule has 0 aromatic carbocycles. The zero-order valence-electron chi connectivity index (χ0n) is 5.61. The Kier molecular flexibility index (Phi) is 2.97. The van der Waals surface area contributed by atoms with E-state index in [9.17, 15) is 26.7 Å². The smallest absolute Gasteiger partial charge is 0.368 e. The Hall–Kier alpha value is -0.920. The summed E-state index contributed by atoms with van der Waals surface area (Å²) in [6.45, 7) is 0. The number of methoxy groups -OCH3 is 1. The molecule has 0 fully saturated rings. The summed E-state index contributed by atoms with van der Waals surface area (Å²) in [6.07, 6.45) is -13.4. The minimum atomic E-state index is -5.31. The van der Waals surface area contributed by atoms with Gasteiger partial charge >= 0.3 is 18.4 Å². The SMILES string of the molecule is COC(F)(F)C(F)(F)OC(=O)F. The van der Waals surface area contributed by atoms with Gasteiger partial charge in [-0.05, 0) is 0 Å². The molecular weight excluding hydrogens is 191 g/mol. The van der Waals surface area contributed by atoms with Gasteiger partial charge in [0.2, 0.25) is 0 Å². The van der Waals surface area contributed by atoms with Crippen LogP contribution in [-0.4, -0.2) is 25.6 Å². The van der Waals surface area contributed by atoms with Crippen molar-refractivity contribution in [2.45, 2.75) is 12.2 Å². The molecule has 0 amide bonds. The van der Waals surface area contributed by atoms with E-state index in [0.29, 0.717) is 0 Å². The fourth-order valence-corrected chi connectivity index (χ4v) is 0.279. The lowest BCUT2D eigenvalue weighted by atomic mass is 10.6. The van der Waals surface area contributed by atoms with Gasteiger partial charge in [-0.25, -0.2) is 4.79 Å². The molecule has 0 aromatic rings. The van der Waals surface area contributed by atoms with Crippen LogP contribution in [0.5, 0.6) is 0 Å². The van der Waals surface area contributed by atoms with E-state index in [2.05, 4.69) is 9.47 Å². The van der Waals surface area contributed by atoms with Crippen LogP contribution in [0.1, 0.15) is 0 Å². The molecule has 72 valence electrons. The van der Waals surface area contributed by atoms with Crippen molar-refractivity contribution in [3.05, 3.63) is 0 Å². The van der Waals surface area contributed by atoms with Gasteiger partial charge in [0.15, 0.2) is 0 Å². The zero-order valence-corrected chi connectivity index (χ0v) is 5.61. The monoisotopic (exact) mass is 194 g/mol. The summed E-state index contributed by atoms with van der Waals surface area (Å²) in [5, 5.41) is 0. The third-order valence-corrected chi connectivity index (χ3v) is 0.804. The third kappa shape index (κ3) is 2.29. The summed E-state index contributed by atoms with van der Waals surface area (Å²) in [7, 11) is 0.250. The van der Waals surface area contributed by atoms with Gasteiger partial charge in [0, 0.05) is 7.11 Å². The van der Waals surface area contributed by atoms with Crippen molar-refractivity contribution < 1.29 is 36.2 Å². The van der Waals surface area contributed by atoms with E-state index >= 15 is 0 Å². The van der Waals surface area contributed by atoms with Crippen molar-refractivity contribution in [2.75, 3.05) is 7.11 Å². The van der Waals surface area contributed by atoms with Crippen molar-refractivity contribution in [3.8, 4) is 0 Å². The Morgan fingerprint density at radius 1 is 1.17 bits per heavy atom. The molecule has 8 heteroatoms. The number of carbonyl (C=O) groups is 1. The predicted octanol–water partition coefficient (Wildman–Crippen LogP) is 1.92. The molecule has 0 bridgehead atoms. The van der Waals surface area contributed by atoms with Gasteiger partial charge < -0.3 is 9.47 Å². The highest BCUT2D eigenvalue weighted by atomic mass is 19.3. The maximum absolute atomic E-state index is 11.9. The summed E-state index contributed by atoms with van der Waals surface area (Å²) in [4.78, 5) is 9.26. The summed E-state index contributed by atoms with van der Waals surface area (Å²) in [6, 6.07) is 0. The fourth-order valence-electron chi connectivity index (χ4n) is 0.279. The van der Waals surface area contributed by atoms with Gasteiger partial charge in [-0.3, -0.25) is 0 Å². The van der Waals surface area contributed by atoms with Crippen LogP contribution in [0.15, 0.2) is 0 Å². The highest BCUT2D eigenvalue weighted by Crippen LogP contribution is 2.35. The minimum Gasteiger partial charge on any atom is -0.368 e. The predicted molar refractivity (Wildman–Crippen MR) is 24.5 cm³/mol. The van der Waals surface area contributed by atoms with Gasteiger partial charge in [-0.2, -0.15) is 17.6 Å². The van der Waals surface area contributed by atoms with Crippen LogP contribution in [0, 0.1) is 0 Å². The second-order valence-corrected chi connectivity index (χ2v) is 1.58. The van der Waals surface area contributed by atoms with Crippen LogP contribution < -0.4 is 0 Å². The Balaban J connectivity index is 4.48. The Bertz CT molecular complexity index is 180. The second-order valence-electron chi connectivity index (χ2n) is 1.58. The quantitative estimate of drug-likeness (QED) is 0.508. The normalized spacial score (nSPS) is 12.8. The largest absolute Gasteiger partial charge is 0.500 e. The molecule has 12 heavy (non-hydrogen) atoms. The molecule has 0 N–H and O–H groups in total. The van der Waals surface area contributed by atoms with E-state index in [-0.39, 0.29) is 7.11 Å². The second kappa shape index (κ2) is 3.21. The average Bonchev–Trinajstić information content (AvgIpc) is 1.84. The van der Waals surface area contributed by atoms with Gasteiger partial charge in [0.1, 0.15) is 0 Å². The number of ether oxygens (including phenoxy) is 2. The van der Waals surface area contributed by atoms with Crippen LogP contribution in [0.3, 0.4) is 0 Å². The standard InChI is InChI=1S/C4H3F5O3/c1-11-3(6,7)4(8,9)12-2(5)10/h1H3. The molecule has 0 aromatic heterocycles. The van der Waals surface area contributed by atoms with E-state index in [1.54, 1.807) is 0 Å². The maximum atomic E-state index is 11.9. The Morgan fingerprint density at radius 2 is 1.58 bits per heavy atom. The molecule has 3 nitrogen and oxygen atoms in total. The maximum Gasteiger partial charge on any atom is 0.500 e. The molecule has 0 saturated carbocycles. The van der Waals surface area contributed by atoms with E-state index in [1.165, 1.54) is 0 Å². The lowest BCUT2D eigenvalue weighted by molar-refractivity contribution is -0.409. The van der Waals surface area contributed by atoms with E-state index in [0.717, 1.165) is 0 Å². The van der Waals surface area contributed by atoms with Crippen LogP contribution in [0.2, 0.25) is 0 Å². The fraction of sp³-hybridized carbons (Fsp3) is 0.750. The van der Waals surface area contributed by atoms with Crippen LogP contribution in [-0.2, 0) is 9.47 Å². The number of hydrogen-bond donors (Lipinski definition) is 0. The van der Waals surface area contributed by atoms with Crippen LogP contribution in [0.25, 0.3) is 0 Å². The van der Waals surface area contributed by atoms with Crippen LogP contribution >= 0.6 is 0 Å². The molecular formula is C4H3F5O3. The van der Waals surface area contributed by atoms with Crippen molar-refractivity contribution in [1.82, 2.24) is 0 Å². The molecule has 0 unspecified atom stereocenters. The van der Waals surface area contributed by atoms with E-state index < -0.39 is 18.4 Å². The zero-order chi connectivity index (χ0) is 9.99. The van der Waals surface area contributed by atoms with Gasteiger partial charge in [0.05, 0.1) is 0 Å². The van der Waals surface area contributed by atoms with Gasteiger partial charge in [-0.1, -0.05) is 0 Å². The molecule has 0 rings (SSSR count). The highest BCUT2D eigenvalue weighted by molar-refractivity contribution is 5.58. The third-order valence-electron chi connectivity index (χ3n) is 0.804. The number of carbonyl (C=O) groups excluding carboxylic acids is 1. The van der Waals surface area contributed by atoms with Crippen molar-refractivity contribution in [1.29, 1.82) is 0 Å².